The molecule has 4 heterocycles. The van der Waals surface area contributed by atoms with Crippen molar-refractivity contribution in [3.05, 3.63) is 176 Å². The second-order valence-corrected chi connectivity index (χ2v) is 15.2. The number of hydrogen-bond donors (Lipinski definition) is 0. The fourth-order valence-electron chi connectivity index (χ4n) is 8.37. The van der Waals surface area contributed by atoms with Crippen LogP contribution in [-0.4, -0.2) is 24.5 Å². The monoisotopic (exact) mass is 747 g/mol. The van der Waals surface area contributed by atoms with E-state index in [1.54, 1.807) is 11.3 Å². The van der Waals surface area contributed by atoms with Gasteiger partial charge in [0.05, 0.1) is 15.7 Å². The van der Waals surface area contributed by atoms with Crippen molar-refractivity contribution in [1.82, 2.24) is 24.5 Å². The standard InChI is InChI=1S/C50H29N5OS/c1-4-15-30(16-5-1)47-52-48(37-24-14-26-40-42(37)35-23-12-13-25-39(35)55(40)33-20-8-3-9-21-33)54-49(53-47)44-34-22-11-10-19-32(34)29-41-43(44)36-27-28-38-45(46(36)57-41)56-50(51-38)31-17-6-2-7-18-31/h1-29H. The van der Waals surface area contributed by atoms with E-state index in [-0.39, 0.29) is 0 Å². The highest BCUT2D eigenvalue weighted by atomic mass is 32.1. The van der Waals surface area contributed by atoms with Crippen LogP contribution >= 0.6 is 11.3 Å². The Morgan fingerprint density at radius 1 is 0.474 bits per heavy atom. The highest BCUT2D eigenvalue weighted by Gasteiger charge is 2.24. The maximum atomic E-state index is 6.56. The smallest absolute Gasteiger partial charge is 0.227 e. The van der Waals surface area contributed by atoms with Crippen LogP contribution in [0.2, 0.25) is 0 Å². The largest absolute Gasteiger partial charge is 0.435 e. The minimum Gasteiger partial charge on any atom is -0.435 e. The highest BCUT2D eigenvalue weighted by Crippen LogP contribution is 2.47. The Kier molecular flexibility index (Phi) is 7.00. The van der Waals surface area contributed by atoms with Gasteiger partial charge in [-0.1, -0.05) is 127 Å². The van der Waals surface area contributed by atoms with Crippen molar-refractivity contribution in [1.29, 1.82) is 0 Å². The van der Waals surface area contributed by atoms with Gasteiger partial charge in [-0.15, -0.1) is 11.3 Å². The molecule has 0 atom stereocenters. The van der Waals surface area contributed by atoms with E-state index in [2.05, 4.69) is 132 Å². The molecule has 0 spiro atoms. The normalized spacial score (nSPS) is 11.9. The summed E-state index contributed by atoms with van der Waals surface area (Å²) < 4.78 is 11.1. The summed E-state index contributed by atoms with van der Waals surface area (Å²) in [5, 5.41) is 6.58. The second kappa shape index (κ2) is 12.5. The lowest BCUT2D eigenvalue weighted by molar-refractivity contribution is 0.623. The van der Waals surface area contributed by atoms with Gasteiger partial charge >= 0.3 is 0 Å². The Morgan fingerprint density at radius 3 is 1.96 bits per heavy atom. The first-order valence-electron chi connectivity index (χ1n) is 18.9. The van der Waals surface area contributed by atoms with Gasteiger partial charge in [0.15, 0.2) is 23.1 Å². The van der Waals surface area contributed by atoms with Crippen molar-refractivity contribution in [3.8, 4) is 51.3 Å². The minimum absolute atomic E-state index is 0.610. The zero-order valence-electron chi connectivity index (χ0n) is 30.3. The molecule has 0 radical (unpaired) electrons. The zero-order valence-corrected chi connectivity index (χ0v) is 31.1. The van der Waals surface area contributed by atoms with Crippen LogP contribution in [-0.2, 0) is 0 Å². The summed E-state index contributed by atoms with van der Waals surface area (Å²) in [6, 6.07) is 60.8. The van der Waals surface area contributed by atoms with Crippen molar-refractivity contribution in [2.75, 3.05) is 0 Å². The second-order valence-electron chi connectivity index (χ2n) is 14.2. The molecule has 0 fully saturated rings. The molecule has 4 aromatic heterocycles. The van der Waals surface area contributed by atoms with Crippen LogP contribution in [0, 0.1) is 0 Å². The van der Waals surface area contributed by atoms with E-state index < -0.39 is 0 Å². The fourth-order valence-corrected chi connectivity index (χ4v) is 9.61. The van der Waals surface area contributed by atoms with Crippen molar-refractivity contribution in [2.45, 2.75) is 0 Å². The van der Waals surface area contributed by atoms with E-state index >= 15 is 0 Å². The number of rotatable bonds is 5. The summed E-state index contributed by atoms with van der Waals surface area (Å²) in [6.07, 6.45) is 0. The molecule has 12 aromatic rings. The number of fused-ring (bicyclic) bond motifs is 9. The summed E-state index contributed by atoms with van der Waals surface area (Å²) >= 11 is 1.72. The van der Waals surface area contributed by atoms with Crippen LogP contribution in [0.1, 0.15) is 0 Å². The van der Waals surface area contributed by atoms with Gasteiger partial charge in [-0.05, 0) is 59.3 Å². The quantitative estimate of drug-likeness (QED) is 0.175. The molecule has 6 nitrogen and oxygen atoms in total. The molecule has 0 aliphatic rings. The Hall–Kier alpha value is -7.48. The predicted molar refractivity (Wildman–Crippen MR) is 234 cm³/mol. The maximum Gasteiger partial charge on any atom is 0.227 e. The number of nitrogens with zero attached hydrogens (tertiary/aromatic N) is 5. The molecule has 12 rings (SSSR count). The average molecular weight is 748 g/mol. The number of oxazole rings is 1. The van der Waals surface area contributed by atoms with Crippen LogP contribution in [0.4, 0.5) is 0 Å². The Balaban J connectivity index is 1.17. The summed E-state index contributed by atoms with van der Waals surface area (Å²) in [4.78, 5) is 21.0. The maximum absolute atomic E-state index is 6.56. The molecule has 0 unspecified atom stereocenters. The molecule has 0 saturated heterocycles. The lowest BCUT2D eigenvalue weighted by Gasteiger charge is -2.13. The first kappa shape index (κ1) is 31.8. The van der Waals surface area contributed by atoms with E-state index in [1.165, 1.54) is 0 Å². The Labute approximate surface area is 330 Å². The summed E-state index contributed by atoms with van der Waals surface area (Å²) in [5.41, 5.74) is 8.71. The number of hydrogen-bond acceptors (Lipinski definition) is 6. The van der Waals surface area contributed by atoms with E-state index in [0.717, 1.165) is 91.8 Å². The van der Waals surface area contributed by atoms with Crippen LogP contribution in [0.15, 0.2) is 180 Å². The molecule has 8 aromatic carbocycles. The van der Waals surface area contributed by atoms with Gasteiger partial charge in [-0.2, -0.15) is 0 Å². The molecular formula is C50H29N5OS. The van der Waals surface area contributed by atoms with Crippen molar-refractivity contribution in [3.63, 3.8) is 0 Å². The van der Waals surface area contributed by atoms with Crippen molar-refractivity contribution in [2.24, 2.45) is 0 Å². The highest BCUT2D eigenvalue weighted by molar-refractivity contribution is 7.26. The van der Waals surface area contributed by atoms with Gasteiger partial charge in [0, 0.05) is 54.2 Å². The minimum atomic E-state index is 0.610. The van der Waals surface area contributed by atoms with Crippen LogP contribution in [0.3, 0.4) is 0 Å². The Morgan fingerprint density at radius 2 is 1.14 bits per heavy atom. The van der Waals surface area contributed by atoms with Gasteiger partial charge < -0.3 is 8.98 Å². The lowest BCUT2D eigenvalue weighted by atomic mass is 9.97. The van der Waals surface area contributed by atoms with Crippen LogP contribution < -0.4 is 0 Å². The first-order chi connectivity index (χ1) is 28.3. The zero-order chi connectivity index (χ0) is 37.5. The number of para-hydroxylation sites is 2. The van der Waals surface area contributed by atoms with Gasteiger partial charge in [-0.3, -0.25) is 0 Å². The molecule has 0 bridgehead atoms. The molecule has 266 valence electrons. The van der Waals surface area contributed by atoms with Gasteiger partial charge in [0.1, 0.15) is 5.52 Å². The van der Waals surface area contributed by atoms with Crippen LogP contribution in [0.25, 0.3) is 115 Å². The van der Waals surface area contributed by atoms with Crippen LogP contribution in [0.5, 0.6) is 0 Å². The third kappa shape index (κ3) is 4.96. The van der Waals surface area contributed by atoms with E-state index in [0.29, 0.717) is 23.4 Å². The number of aromatic nitrogens is 5. The number of thiophene rings is 1. The Bertz CT molecular complexity index is 3520. The average Bonchev–Trinajstić information content (AvgIpc) is 3.98. The third-order valence-corrected chi connectivity index (χ3v) is 12.0. The predicted octanol–water partition coefficient (Wildman–Crippen LogP) is 13.3. The molecule has 0 amide bonds. The summed E-state index contributed by atoms with van der Waals surface area (Å²) in [7, 11) is 0. The molecule has 0 aliphatic heterocycles. The van der Waals surface area contributed by atoms with Gasteiger partial charge in [0.2, 0.25) is 5.89 Å². The van der Waals surface area contributed by atoms with Gasteiger partial charge in [0.25, 0.3) is 0 Å². The van der Waals surface area contributed by atoms with E-state index in [9.17, 15) is 0 Å². The van der Waals surface area contributed by atoms with E-state index in [1.807, 2.05) is 48.5 Å². The van der Waals surface area contributed by atoms with E-state index in [4.69, 9.17) is 24.4 Å². The van der Waals surface area contributed by atoms with Crippen molar-refractivity contribution < 1.29 is 4.42 Å². The molecule has 7 heteroatoms. The molecule has 0 aliphatic carbocycles. The lowest BCUT2D eigenvalue weighted by Crippen LogP contribution is -2.01. The summed E-state index contributed by atoms with van der Waals surface area (Å²) in [5.74, 6) is 2.46. The number of benzene rings is 8. The van der Waals surface area contributed by atoms with Gasteiger partial charge in [-0.25, -0.2) is 19.9 Å². The SMILES string of the molecule is c1ccc(-c2nc(-c3c4ccccc4cc4sc5c(ccc6nc(-c7ccccc7)oc65)c34)nc(-c3cccc4c3c3ccccc3n4-c3ccccc3)n2)cc1. The fraction of sp³-hybridized carbons (Fsp3) is 0. The molecule has 0 saturated carbocycles. The van der Waals surface area contributed by atoms with Crippen molar-refractivity contribution >= 4 is 75.2 Å². The topological polar surface area (TPSA) is 69.6 Å². The molecule has 57 heavy (non-hydrogen) atoms. The molecule has 0 N–H and O–H groups in total. The first-order valence-corrected chi connectivity index (χ1v) is 19.7. The molecular weight excluding hydrogens is 719 g/mol. The summed E-state index contributed by atoms with van der Waals surface area (Å²) in [6.45, 7) is 0. The third-order valence-electron chi connectivity index (χ3n) is 10.9.